The third kappa shape index (κ3) is 18.4. The van der Waals surface area contributed by atoms with Gasteiger partial charge in [0.15, 0.2) is 12.7 Å². The monoisotopic (exact) mass is 1130 g/mol. The van der Waals surface area contributed by atoms with Crippen molar-refractivity contribution in [3.8, 4) is 23.0 Å². The van der Waals surface area contributed by atoms with Crippen LogP contribution in [-0.2, 0) is 65.6 Å². The number of hydrogen-bond donors (Lipinski definition) is 2. The Morgan fingerprint density at radius 3 is 1.61 bits per heavy atom. The van der Waals surface area contributed by atoms with Crippen LogP contribution in [0.5, 0.6) is 23.0 Å². The maximum atomic E-state index is 13.5. The quantitative estimate of drug-likeness (QED) is 0.0418. The third-order valence-corrected chi connectivity index (χ3v) is 16.5. The van der Waals surface area contributed by atoms with E-state index in [1.807, 2.05) is 98.8 Å². The summed E-state index contributed by atoms with van der Waals surface area (Å²) in [6.45, 7) is 23.8. The summed E-state index contributed by atoms with van der Waals surface area (Å²) in [5.74, 6) is 0.927. The molecule has 6 aromatic rings. The molecule has 7 rings (SSSR count). The zero-order chi connectivity index (χ0) is 58.6. The van der Waals surface area contributed by atoms with Crippen LogP contribution in [0.3, 0.4) is 0 Å². The van der Waals surface area contributed by atoms with Gasteiger partial charge in [0.1, 0.15) is 23.0 Å². The number of esters is 2. The van der Waals surface area contributed by atoms with E-state index >= 15 is 0 Å². The van der Waals surface area contributed by atoms with Crippen LogP contribution in [0.4, 0.5) is 0 Å². The molecule has 1 saturated heterocycles. The standard InChI is InChI=1S/C35H45O9P.C29H35O5P/c1-24-16-29(17-25(2)30(24)20-27-14-15-31(36)28(19-27)18-26-12-10-9-11-13-26)42-23-45(39,43-21-40-32(37)34(3,4)5)44-22-41-33(38)35(6,7)8;1-19(2)27-14-23(9-10-29(27)30)15-28-21(4)12-26(13-22(28)5)32-18-35(31)33-16-25(17-34-35)24-8-6-7-20(3)11-24/h9-17,19,36H,18,20-23H2,1-8H3;6-14,19,25,30H,15-18H2,1-5H3. The van der Waals surface area contributed by atoms with Gasteiger partial charge in [0.2, 0.25) is 13.6 Å². The van der Waals surface area contributed by atoms with Crippen molar-refractivity contribution in [3.63, 3.8) is 0 Å². The first-order valence-corrected chi connectivity index (χ1v) is 30.4. The topological polar surface area (TPSA) is 183 Å². The normalized spacial score (nSPS) is 15.7. The molecule has 0 atom stereocenters. The lowest BCUT2D eigenvalue weighted by atomic mass is 9.93. The van der Waals surface area contributed by atoms with E-state index in [1.54, 1.807) is 53.7 Å². The molecule has 16 heteroatoms. The van der Waals surface area contributed by atoms with Gasteiger partial charge in [0, 0.05) is 12.3 Å². The number of carbonyl (C=O) groups excluding carboxylic acids is 2. The molecule has 0 amide bonds. The SMILES string of the molecule is Cc1cc(OCP(=O)(OCOC(=O)C(C)(C)C)OCOC(=O)C(C)(C)C)cc(C)c1Cc1ccc(O)c(Cc2ccccc2)c1.Cc1cccc(C2COP(=O)(COc3cc(C)c(Cc4ccc(O)c(C(C)C)c4)c(C)c3)OC2)c1. The van der Waals surface area contributed by atoms with E-state index in [1.165, 1.54) is 11.1 Å². The molecule has 1 aliphatic rings. The summed E-state index contributed by atoms with van der Waals surface area (Å²) in [7, 11) is -7.35. The highest BCUT2D eigenvalue weighted by Gasteiger charge is 2.35. The van der Waals surface area contributed by atoms with Crippen LogP contribution < -0.4 is 9.47 Å². The summed E-state index contributed by atoms with van der Waals surface area (Å²) in [4.78, 5) is 24.3. The molecular weight excluding hydrogens is 1050 g/mol. The van der Waals surface area contributed by atoms with Gasteiger partial charge in [-0.05, 0) is 198 Å². The predicted octanol–water partition coefficient (Wildman–Crippen LogP) is 15.2. The smallest absolute Gasteiger partial charge is 0.373 e. The number of aryl methyl sites for hydroxylation is 5. The van der Waals surface area contributed by atoms with Gasteiger partial charge in [-0.2, -0.15) is 0 Å². The lowest BCUT2D eigenvalue weighted by Crippen LogP contribution is -2.25. The molecular formula is C64H80O14P2. The van der Waals surface area contributed by atoms with Crippen molar-refractivity contribution in [2.75, 3.05) is 39.5 Å². The predicted molar refractivity (Wildman–Crippen MR) is 312 cm³/mol. The number of hydrogen-bond acceptors (Lipinski definition) is 14. The van der Waals surface area contributed by atoms with Gasteiger partial charge in [0.25, 0.3) is 0 Å². The van der Waals surface area contributed by atoms with Crippen molar-refractivity contribution in [1.29, 1.82) is 0 Å². The van der Waals surface area contributed by atoms with Crippen LogP contribution in [0.15, 0.2) is 115 Å². The lowest BCUT2D eigenvalue weighted by Gasteiger charge is -2.29. The molecule has 1 aliphatic heterocycles. The zero-order valence-corrected chi connectivity index (χ0v) is 50.5. The minimum absolute atomic E-state index is 0.0665. The summed E-state index contributed by atoms with van der Waals surface area (Å²) in [6.07, 6.45) is 1.42. The number of phenolic OH excluding ortho intramolecular Hbond substituents is 2. The maximum absolute atomic E-state index is 13.5. The fourth-order valence-corrected chi connectivity index (χ4v) is 11.1. The van der Waals surface area contributed by atoms with Gasteiger partial charge < -0.3 is 38.2 Å². The van der Waals surface area contributed by atoms with Crippen molar-refractivity contribution in [1.82, 2.24) is 0 Å². The van der Waals surface area contributed by atoms with Crippen LogP contribution in [0.25, 0.3) is 0 Å². The van der Waals surface area contributed by atoms with E-state index in [9.17, 15) is 28.9 Å². The molecule has 1 heterocycles. The van der Waals surface area contributed by atoms with Crippen molar-refractivity contribution < 1.29 is 66.0 Å². The number of carbonyl (C=O) groups is 2. The van der Waals surface area contributed by atoms with Gasteiger partial charge in [-0.3, -0.25) is 27.8 Å². The van der Waals surface area contributed by atoms with Gasteiger partial charge in [-0.25, -0.2) is 0 Å². The van der Waals surface area contributed by atoms with E-state index in [-0.39, 0.29) is 23.9 Å². The van der Waals surface area contributed by atoms with E-state index in [2.05, 4.69) is 52.8 Å². The second-order valence-electron chi connectivity index (χ2n) is 22.9. The Labute approximate surface area is 473 Å². The minimum atomic E-state index is -4.04. The van der Waals surface area contributed by atoms with Gasteiger partial charge in [0.05, 0.1) is 24.0 Å². The lowest BCUT2D eigenvalue weighted by molar-refractivity contribution is -0.162. The first-order valence-electron chi connectivity index (χ1n) is 26.9. The number of benzene rings is 6. The summed E-state index contributed by atoms with van der Waals surface area (Å²) in [5, 5.41) is 20.6. The first-order chi connectivity index (χ1) is 37.6. The molecule has 80 heavy (non-hydrogen) atoms. The molecule has 0 spiro atoms. The Hall–Kier alpha value is -6.24. The molecule has 0 bridgehead atoms. The third-order valence-electron chi connectivity index (χ3n) is 13.5. The highest BCUT2D eigenvalue weighted by Crippen LogP contribution is 2.53. The van der Waals surface area contributed by atoms with Gasteiger partial charge in [-0.1, -0.05) is 98.3 Å². The Bertz CT molecular complexity index is 3100. The van der Waals surface area contributed by atoms with E-state index in [0.717, 1.165) is 67.6 Å². The summed E-state index contributed by atoms with van der Waals surface area (Å²) < 4.78 is 70.7. The van der Waals surface area contributed by atoms with Crippen molar-refractivity contribution in [2.24, 2.45) is 10.8 Å². The fraction of sp³-hybridized carbons (Fsp3) is 0.406. The minimum Gasteiger partial charge on any atom is -0.508 e. The van der Waals surface area contributed by atoms with E-state index < -0.39 is 57.9 Å². The van der Waals surface area contributed by atoms with E-state index in [4.69, 9.17) is 37.0 Å². The van der Waals surface area contributed by atoms with Crippen molar-refractivity contribution in [2.45, 2.75) is 121 Å². The van der Waals surface area contributed by atoms with Gasteiger partial charge in [-0.15, -0.1) is 0 Å². The molecule has 0 saturated carbocycles. The van der Waals surface area contributed by atoms with Crippen LogP contribution in [0, 0.1) is 45.4 Å². The summed E-state index contributed by atoms with van der Waals surface area (Å²) in [5.41, 5.74) is 12.3. The second kappa shape index (κ2) is 27.5. The largest absolute Gasteiger partial charge is 0.508 e. The number of phenols is 2. The fourth-order valence-electron chi connectivity index (χ4n) is 8.78. The molecule has 1 fully saturated rings. The molecule has 0 unspecified atom stereocenters. The molecule has 6 aromatic carbocycles. The molecule has 0 radical (unpaired) electrons. The number of aromatic hydroxyl groups is 2. The molecule has 2 N–H and O–H groups in total. The molecule has 430 valence electrons. The van der Waals surface area contributed by atoms with Crippen LogP contribution in [0.2, 0.25) is 0 Å². The average Bonchev–Trinajstić information content (AvgIpc) is 3.44. The molecule has 14 nitrogen and oxygen atoms in total. The van der Waals surface area contributed by atoms with Gasteiger partial charge >= 0.3 is 27.1 Å². The first kappa shape index (κ1) is 62.9. The number of ether oxygens (including phenoxy) is 4. The molecule has 0 aliphatic carbocycles. The second-order valence-corrected chi connectivity index (χ2v) is 26.9. The Morgan fingerprint density at radius 1 is 0.613 bits per heavy atom. The Kier molecular flexibility index (Phi) is 21.6. The van der Waals surface area contributed by atoms with E-state index in [0.29, 0.717) is 43.3 Å². The van der Waals surface area contributed by atoms with Crippen molar-refractivity contribution >= 4 is 27.1 Å². The highest BCUT2D eigenvalue weighted by molar-refractivity contribution is 7.53. The van der Waals surface area contributed by atoms with Crippen molar-refractivity contribution in [3.05, 3.63) is 188 Å². The number of rotatable bonds is 20. The maximum Gasteiger partial charge on any atom is 0.373 e. The molecule has 0 aromatic heterocycles. The average molecular weight is 1140 g/mol. The Balaban J connectivity index is 0.000000266. The summed E-state index contributed by atoms with van der Waals surface area (Å²) in [6, 6.07) is 37.3. The van der Waals surface area contributed by atoms with Crippen LogP contribution in [0.1, 0.15) is 140 Å². The highest BCUT2D eigenvalue weighted by atomic mass is 31.2. The van der Waals surface area contributed by atoms with Crippen LogP contribution in [-0.4, -0.2) is 61.6 Å². The summed E-state index contributed by atoms with van der Waals surface area (Å²) >= 11 is 0. The zero-order valence-electron chi connectivity index (χ0n) is 48.7. The Morgan fingerprint density at radius 2 is 1.11 bits per heavy atom. The van der Waals surface area contributed by atoms with Crippen LogP contribution >= 0.6 is 15.2 Å².